The molecule has 4 rings (SSSR count). The molecule has 0 aliphatic carbocycles. The fourth-order valence-electron chi connectivity index (χ4n) is 3.32. The van der Waals surface area contributed by atoms with Crippen molar-refractivity contribution in [3.05, 3.63) is 97.4 Å². The smallest absolute Gasteiger partial charge is 0.437 e. The van der Waals surface area contributed by atoms with Gasteiger partial charge in [-0.15, -0.1) is 0 Å². The van der Waals surface area contributed by atoms with Crippen LogP contribution in [0.4, 0.5) is 17.6 Å². The number of nitrogens with zero attached hydrogens (tertiary/aromatic N) is 6. The quantitative estimate of drug-likeness (QED) is 0.358. The van der Waals surface area contributed by atoms with E-state index in [0.717, 1.165) is 33.6 Å². The van der Waals surface area contributed by atoms with E-state index in [1.165, 1.54) is 25.2 Å². The summed E-state index contributed by atoms with van der Waals surface area (Å²) < 4.78 is 61.1. The van der Waals surface area contributed by atoms with Crippen molar-refractivity contribution in [2.45, 2.75) is 12.7 Å². The van der Waals surface area contributed by atoms with E-state index in [1.54, 1.807) is 6.07 Å². The van der Waals surface area contributed by atoms with Gasteiger partial charge in [-0.2, -0.15) is 23.5 Å². The number of benzene rings is 1. The molecule has 0 spiro atoms. The molecule has 0 aliphatic heterocycles. The van der Waals surface area contributed by atoms with E-state index in [1.807, 2.05) is 0 Å². The second-order valence-electron chi connectivity index (χ2n) is 7.58. The van der Waals surface area contributed by atoms with Crippen LogP contribution >= 0.6 is 11.6 Å². The minimum Gasteiger partial charge on any atom is -0.449 e. The largest absolute Gasteiger partial charge is 0.449 e. The minimum atomic E-state index is -5.04. The lowest BCUT2D eigenvalue weighted by Crippen LogP contribution is -2.28. The van der Waals surface area contributed by atoms with E-state index >= 15 is 0 Å². The number of rotatable bonds is 5. The molecule has 0 radical (unpaired) electrons. The van der Waals surface area contributed by atoms with Gasteiger partial charge in [0.25, 0.3) is 11.1 Å². The predicted molar refractivity (Wildman–Crippen MR) is 122 cm³/mol. The summed E-state index contributed by atoms with van der Waals surface area (Å²) in [6.07, 6.45) is -3.46. The van der Waals surface area contributed by atoms with Crippen molar-refractivity contribution in [2.75, 3.05) is 0 Å². The second-order valence-corrected chi connectivity index (χ2v) is 8.02. The summed E-state index contributed by atoms with van der Waals surface area (Å²) in [5, 5.41) is 13.1. The molecule has 37 heavy (non-hydrogen) atoms. The number of aromatic nitrogens is 5. The summed E-state index contributed by atoms with van der Waals surface area (Å²) in [6, 6.07) is 8.94. The van der Waals surface area contributed by atoms with Gasteiger partial charge in [-0.25, -0.2) is 14.1 Å². The maximum Gasteiger partial charge on any atom is 0.437 e. The van der Waals surface area contributed by atoms with Gasteiger partial charge in [0.05, 0.1) is 47.7 Å². The Hall–Kier alpha value is -4.57. The van der Waals surface area contributed by atoms with Gasteiger partial charge in [0.2, 0.25) is 5.75 Å². The lowest BCUT2D eigenvalue weighted by atomic mass is 10.1. The molecular weight excluding hydrogens is 520 g/mol. The molecule has 0 unspecified atom stereocenters. The molecule has 0 aliphatic rings. The van der Waals surface area contributed by atoms with Gasteiger partial charge in [0.1, 0.15) is 11.6 Å². The van der Waals surface area contributed by atoms with Crippen LogP contribution < -0.4 is 15.9 Å². The van der Waals surface area contributed by atoms with Crippen LogP contribution in [0.1, 0.15) is 17.0 Å². The predicted octanol–water partition coefficient (Wildman–Crippen LogP) is 3.92. The molecule has 14 heteroatoms. The van der Waals surface area contributed by atoms with Crippen molar-refractivity contribution in [2.24, 2.45) is 7.05 Å². The third kappa shape index (κ3) is 5.49. The third-order valence-electron chi connectivity index (χ3n) is 4.93. The maximum atomic E-state index is 13.6. The molecule has 3 aromatic heterocycles. The summed E-state index contributed by atoms with van der Waals surface area (Å²) >= 11 is 5.89. The molecule has 4 aromatic rings. The van der Waals surface area contributed by atoms with Gasteiger partial charge in [0.15, 0.2) is 5.69 Å². The van der Waals surface area contributed by atoms with Gasteiger partial charge < -0.3 is 4.74 Å². The summed E-state index contributed by atoms with van der Waals surface area (Å²) in [7, 11) is 1.33. The Balaban J connectivity index is 1.79. The normalized spacial score (nSPS) is 11.3. The van der Waals surface area contributed by atoms with E-state index < -0.39 is 41.1 Å². The van der Waals surface area contributed by atoms with Crippen molar-refractivity contribution in [3.63, 3.8) is 0 Å². The van der Waals surface area contributed by atoms with E-state index in [9.17, 15) is 27.2 Å². The Kier molecular flexibility index (Phi) is 6.78. The zero-order valence-electron chi connectivity index (χ0n) is 18.6. The molecule has 1 aromatic carbocycles. The molecule has 0 saturated heterocycles. The number of alkyl halides is 3. The van der Waals surface area contributed by atoms with Gasteiger partial charge in [-0.05, 0) is 36.4 Å². The van der Waals surface area contributed by atoms with E-state index in [2.05, 4.69) is 15.1 Å². The first-order valence-corrected chi connectivity index (χ1v) is 10.6. The molecule has 9 nitrogen and oxygen atoms in total. The monoisotopic (exact) mass is 532 g/mol. The number of pyridine rings is 1. The highest BCUT2D eigenvalue weighted by Gasteiger charge is 2.38. The number of aryl methyl sites for hydroxylation is 1. The van der Waals surface area contributed by atoms with Crippen LogP contribution in [0, 0.1) is 17.1 Å². The SMILES string of the molecule is Cn1nc(Cn2cnc(C(F)(F)F)c(Oc3cc(Cl)cc(C#N)c3)c2=O)cc(-c2ccc(F)cn2)c1=O. The lowest BCUT2D eigenvalue weighted by Gasteiger charge is -2.15. The van der Waals surface area contributed by atoms with Gasteiger partial charge in [-0.3, -0.25) is 19.1 Å². The molecule has 0 bridgehead atoms. The summed E-state index contributed by atoms with van der Waals surface area (Å²) in [6.45, 7) is -0.401. The first kappa shape index (κ1) is 25.5. The topological polar surface area (TPSA) is 116 Å². The average Bonchev–Trinajstić information content (AvgIpc) is 2.83. The summed E-state index contributed by atoms with van der Waals surface area (Å²) in [5.74, 6) is -2.05. The second kappa shape index (κ2) is 9.82. The van der Waals surface area contributed by atoms with Crippen LogP contribution in [-0.4, -0.2) is 24.3 Å². The molecule has 3 heterocycles. The fourth-order valence-corrected chi connectivity index (χ4v) is 3.55. The van der Waals surface area contributed by atoms with Gasteiger partial charge in [0, 0.05) is 12.1 Å². The Morgan fingerprint density at radius 1 is 1.11 bits per heavy atom. The Bertz CT molecular complexity index is 1660. The van der Waals surface area contributed by atoms with Crippen LogP contribution in [0.15, 0.2) is 58.5 Å². The first-order valence-electron chi connectivity index (χ1n) is 10.2. The number of hydrogen-bond donors (Lipinski definition) is 0. The highest BCUT2D eigenvalue weighted by atomic mass is 35.5. The van der Waals surface area contributed by atoms with Crippen LogP contribution in [0.5, 0.6) is 11.5 Å². The fraction of sp³-hybridized carbons (Fsp3) is 0.130. The first-order chi connectivity index (χ1) is 17.5. The van der Waals surface area contributed by atoms with Crippen molar-refractivity contribution in [1.29, 1.82) is 5.26 Å². The van der Waals surface area contributed by atoms with Crippen LogP contribution in [0.3, 0.4) is 0 Å². The average molecular weight is 533 g/mol. The van der Waals surface area contributed by atoms with Crippen LogP contribution in [0.2, 0.25) is 5.02 Å². The molecule has 0 saturated carbocycles. The molecule has 0 fully saturated rings. The molecule has 0 amide bonds. The van der Waals surface area contributed by atoms with Crippen LogP contribution in [0.25, 0.3) is 11.3 Å². The van der Waals surface area contributed by atoms with E-state index in [4.69, 9.17) is 21.6 Å². The van der Waals surface area contributed by atoms with Crippen molar-refractivity contribution >= 4 is 11.6 Å². The number of nitriles is 1. The zero-order valence-corrected chi connectivity index (χ0v) is 19.4. The Morgan fingerprint density at radius 2 is 1.86 bits per heavy atom. The highest BCUT2D eigenvalue weighted by molar-refractivity contribution is 6.30. The Labute approximate surface area is 209 Å². The number of ether oxygens (including phenoxy) is 1. The minimum absolute atomic E-state index is 0.00293. The Morgan fingerprint density at radius 3 is 2.51 bits per heavy atom. The standard InChI is InChI=1S/C23H13ClF4N6O3/c1-33-21(35)17(18-3-2-14(25)9-30-18)7-15(32-33)10-34-11-31-20(23(26,27)28)19(22(34)36)37-16-5-12(8-29)4-13(24)6-16/h2-7,9,11H,10H2,1H3. The summed E-state index contributed by atoms with van der Waals surface area (Å²) in [4.78, 5) is 32.8. The molecule has 0 atom stereocenters. The maximum absolute atomic E-state index is 13.6. The molecular formula is C23H13ClF4N6O3. The number of halogens is 5. The molecule has 188 valence electrons. The van der Waals surface area contributed by atoms with Crippen LogP contribution in [-0.2, 0) is 19.8 Å². The summed E-state index contributed by atoms with van der Waals surface area (Å²) in [5.41, 5.74) is -3.13. The molecule has 0 N–H and O–H groups in total. The van der Waals surface area contributed by atoms with Gasteiger partial charge >= 0.3 is 6.18 Å². The van der Waals surface area contributed by atoms with Crippen molar-refractivity contribution in [1.82, 2.24) is 24.3 Å². The third-order valence-corrected chi connectivity index (χ3v) is 5.15. The van der Waals surface area contributed by atoms with E-state index in [-0.39, 0.29) is 33.3 Å². The van der Waals surface area contributed by atoms with Crippen molar-refractivity contribution in [3.8, 4) is 28.8 Å². The highest BCUT2D eigenvalue weighted by Crippen LogP contribution is 2.35. The van der Waals surface area contributed by atoms with Crippen molar-refractivity contribution < 1.29 is 22.3 Å². The number of hydrogen-bond acceptors (Lipinski definition) is 7. The van der Waals surface area contributed by atoms with E-state index in [0.29, 0.717) is 6.33 Å². The lowest BCUT2D eigenvalue weighted by molar-refractivity contribution is -0.142. The van der Waals surface area contributed by atoms with Gasteiger partial charge in [-0.1, -0.05) is 11.6 Å². The zero-order chi connectivity index (χ0) is 26.9.